The Kier molecular flexibility index (Phi) is 6.33. The van der Waals surface area contributed by atoms with E-state index in [1.54, 1.807) is 0 Å². The zero-order valence-electron chi connectivity index (χ0n) is 16.2. The Morgan fingerprint density at radius 1 is 1.15 bits per heavy atom. The smallest absolute Gasteiger partial charge is 0.240 e. The van der Waals surface area contributed by atoms with Gasteiger partial charge in [0.2, 0.25) is 5.91 Å². The molecule has 0 bridgehead atoms. The molecule has 0 aliphatic carbocycles. The number of nitrogens with one attached hydrogen (secondary N) is 1. The maximum atomic E-state index is 12.4. The lowest BCUT2D eigenvalue weighted by Crippen LogP contribution is -2.56. The van der Waals surface area contributed by atoms with Crippen LogP contribution in [0.3, 0.4) is 0 Å². The van der Waals surface area contributed by atoms with Crippen molar-refractivity contribution in [3.63, 3.8) is 0 Å². The molecular formula is C21H33N3O2. The molecule has 2 atom stereocenters. The Hall–Kier alpha value is -1.43. The monoisotopic (exact) mass is 359 g/mol. The molecule has 3 rings (SSSR count). The number of nitrogens with zero attached hydrogens (tertiary/aromatic N) is 1. The van der Waals surface area contributed by atoms with Crippen molar-refractivity contribution in [2.75, 3.05) is 26.3 Å². The molecule has 2 aliphatic rings. The lowest BCUT2D eigenvalue weighted by Gasteiger charge is -2.35. The molecule has 1 aromatic rings. The van der Waals surface area contributed by atoms with E-state index in [9.17, 15) is 4.79 Å². The standard InChI is InChI=1S/C21H33N3O2/c1-16-11-17(2)14-24(13-16)15-19-5-3-18(4-6-19)12-23-20(25)21(22)7-9-26-10-8-21/h3-6,16-17H,7-15,22H2,1-2H3,(H,23,25). The summed E-state index contributed by atoms with van der Waals surface area (Å²) in [6.07, 6.45) is 2.51. The number of hydrogen-bond donors (Lipinski definition) is 2. The first-order valence-electron chi connectivity index (χ1n) is 9.90. The Balaban J connectivity index is 1.49. The Labute approximate surface area is 157 Å². The van der Waals surface area contributed by atoms with Gasteiger partial charge < -0.3 is 15.8 Å². The molecule has 144 valence electrons. The molecular weight excluding hydrogens is 326 g/mol. The highest BCUT2D eigenvalue weighted by molar-refractivity contribution is 5.86. The van der Waals surface area contributed by atoms with Gasteiger partial charge in [-0.2, -0.15) is 0 Å². The fourth-order valence-electron chi connectivity index (χ4n) is 4.26. The van der Waals surface area contributed by atoms with Crippen LogP contribution >= 0.6 is 0 Å². The van der Waals surface area contributed by atoms with Crippen molar-refractivity contribution in [2.45, 2.75) is 51.7 Å². The summed E-state index contributed by atoms with van der Waals surface area (Å²) in [7, 11) is 0. The average Bonchev–Trinajstić information content (AvgIpc) is 2.60. The fraction of sp³-hybridized carbons (Fsp3) is 0.667. The van der Waals surface area contributed by atoms with Gasteiger partial charge in [-0.1, -0.05) is 38.1 Å². The number of hydrogen-bond acceptors (Lipinski definition) is 4. The second-order valence-corrected chi connectivity index (χ2v) is 8.41. The topological polar surface area (TPSA) is 67.6 Å². The molecule has 5 heteroatoms. The summed E-state index contributed by atoms with van der Waals surface area (Å²) in [6, 6.07) is 8.58. The molecule has 2 heterocycles. The summed E-state index contributed by atoms with van der Waals surface area (Å²) < 4.78 is 5.30. The van der Waals surface area contributed by atoms with E-state index >= 15 is 0 Å². The highest BCUT2D eigenvalue weighted by Crippen LogP contribution is 2.22. The van der Waals surface area contributed by atoms with Gasteiger partial charge in [-0.3, -0.25) is 9.69 Å². The van der Waals surface area contributed by atoms with Crippen LogP contribution in [0.2, 0.25) is 0 Å². The van der Waals surface area contributed by atoms with Gasteiger partial charge in [-0.05, 0) is 42.2 Å². The minimum absolute atomic E-state index is 0.0684. The minimum Gasteiger partial charge on any atom is -0.381 e. The average molecular weight is 360 g/mol. The summed E-state index contributed by atoms with van der Waals surface area (Å²) in [4.78, 5) is 14.9. The molecule has 5 nitrogen and oxygen atoms in total. The molecule has 2 aliphatic heterocycles. The minimum atomic E-state index is -0.778. The molecule has 1 amide bonds. The number of benzene rings is 1. The van der Waals surface area contributed by atoms with Crippen LogP contribution in [0.4, 0.5) is 0 Å². The van der Waals surface area contributed by atoms with Crippen LogP contribution in [-0.4, -0.2) is 42.6 Å². The lowest BCUT2D eigenvalue weighted by atomic mass is 9.90. The molecule has 2 saturated heterocycles. The van der Waals surface area contributed by atoms with E-state index in [1.807, 2.05) is 0 Å². The lowest BCUT2D eigenvalue weighted by molar-refractivity contribution is -0.129. The van der Waals surface area contributed by atoms with Crippen molar-refractivity contribution < 1.29 is 9.53 Å². The van der Waals surface area contributed by atoms with E-state index in [1.165, 1.54) is 25.1 Å². The van der Waals surface area contributed by atoms with Crippen molar-refractivity contribution in [3.8, 4) is 0 Å². The first-order valence-corrected chi connectivity index (χ1v) is 9.90. The van der Waals surface area contributed by atoms with Crippen molar-refractivity contribution in [3.05, 3.63) is 35.4 Å². The van der Waals surface area contributed by atoms with Crippen LogP contribution in [0.25, 0.3) is 0 Å². The third kappa shape index (κ3) is 5.06. The third-order valence-corrected chi connectivity index (χ3v) is 5.66. The molecule has 0 aromatic heterocycles. The normalized spacial score (nSPS) is 26.4. The summed E-state index contributed by atoms with van der Waals surface area (Å²) in [5, 5.41) is 2.99. The van der Waals surface area contributed by atoms with Crippen molar-refractivity contribution in [1.82, 2.24) is 10.2 Å². The number of carbonyl (C=O) groups is 1. The number of amides is 1. The second-order valence-electron chi connectivity index (χ2n) is 8.41. The third-order valence-electron chi connectivity index (χ3n) is 5.66. The van der Waals surface area contributed by atoms with E-state index in [4.69, 9.17) is 10.5 Å². The molecule has 2 unspecified atom stereocenters. The zero-order valence-corrected chi connectivity index (χ0v) is 16.2. The van der Waals surface area contributed by atoms with Crippen molar-refractivity contribution >= 4 is 5.91 Å². The Morgan fingerprint density at radius 2 is 1.73 bits per heavy atom. The van der Waals surface area contributed by atoms with Crippen molar-refractivity contribution in [1.29, 1.82) is 0 Å². The maximum absolute atomic E-state index is 12.4. The number of carbonyl (C=O) groups excluding carboxylic acids is 1. The van der Waals surface area contributed by atoms with E-state index < -0.39 is 5.54 Å². The van der Waals surface area contributed by atoms with Gasteiger partial charge in [0, 0.05) is 39.4 Å². The van der Waals surface area contributed by atoms with Crippen LogP contribution in [-0.2, 0) is 22.6 Å². The van der Waals surface area contributed by atoms with Gasteiger partial charge in [0.05, 0.1) is 5.54 Å². The Morgan fingerprint density at radius 3 is 2.35 bits per heavy atom. The van der Waals surface area contributed by atoms with E-state index in [0.717, 1.165) is 23.9 Å². The van der Waals surface area contributed by atoms with Gasteiger partial charge in [-0.25, -0.2) is 0 Å². The fourth-order valence-corrected chi connectivity index (χ4v) is 4.26. The number of piperidine rings is 1. The zero-order chi connectivity index (χ0) is 18.6. The van der Waals surface area contributed by atoms with Gasteiger partial charge in [0.1, 0.15) is 0 Å². The van der Waals surface area contributed by atoms with E-state index in [0.29, 0.717) is 32.6 Å². The number of nitrogens with two attached hydrogens (primary N) is 1. The van der Waals surface area contributed by atoms with Gasteiger partial charge in [0.15, 0.2) is 0 Å². The van der Waals surface area contributed by atoms with Crippen LogP contribution < -0.4 is 11.1 Å². The molecule has 1 aromatic carbocycles. The van der Waals surface area contributed by atoms with Gasteiger partial charge in [-0.15, -0.1) is 0 Å². The number of likely N-dealkylation sites (tertiary alicyclic amines) is 1. The summed E-state index contributed by atoms with van der Waals surface area (Å²) in [5.74, 6) is 1.49. The van der Waals surface area contributed by atoms with E-state index in [-0.39, 0.29) is 5.91 Å². The highest BCUT2D eigenvalue weighted by Gasteiger charge is 2.35. The molecule has 0 radical (unpaired) electrons. The summed E-state index contributed by atoms with van der Waals surface area (Å²) in [6.45, 7) is 9.71. The summed E-state index contributed by atoms with van der Waals surface area (Å²) in [5.41, 5.74) is 7.89. The van der Waals surface area contributed by atoms with Crippen LogP contribution in [0, 0.1) is 11.8 Å². The van der Waals surface area contributed by atoms with Gasteiger partial charge in [0.25, 0.3) is 0 Å². The first-order chi connectivity index (χ1) is 12.4. The molecule has 2 fully saturated rings. The first kappa shape index (κ1) is 19.3. The number of ether oxygens (including phenoxy) is 1. The van der Waals surface area contributed by atoms with Crippen LogP contribution in [0.1, 0.15) is 44.2 Å². The maximum Gasteiger partial charge on any atom is 0.240 e. The second kappa shape index (κ2) is 8.51. The molecule has 0 saturated carbocycles. The molecule has 26 heavy (non-hydrogen) atoms. The van der Waals surface area contributed by atoms with Crippen molar-refractivity contribution in [2.24, 2.45) is 17.6 Å². The molecule has 3 N–H and O–H groups in total. The molecule has 0 spiro atoms. The SMILES string of the molecule is CC1CC(C)CN(Cc2ccc(CNC(=O)C3(N)CCOCC3)cc2)C1. The predicted molar refractivity (Wildman–Crippen MR) is 103 cm³/mol. The number of rotatable bonds is 5. The van der Waals surface area contributed by atoms with Crippen LogP contribution in [0.15, 0.2) is 24.3 Å². The van der Waals surface area contributed by atoms with Gasteiger partial charge >= 0.3 is 0 Å². The van der Waals surface area contributed by atoms with E-state index in [2.05, 4.69) is 48.3 Å². The predicted octanol–water partition coefficient (Wildman–Crippen LogP) is 2.29. The highest BCUT2D eigenvalue weighted by atomic mass is 16.5. The van der Waals surface area contributed by atoms with Crippen LogP contribution in [0.5, 0.6) is 0 Å². The Bertz CT molecular complexity index is 586. The largest absolute Gasteiger partial charge is 0.381 e. The quantitative estimate of drug-likeness (QED) is 0.846. The summed E-state index contributed by atoms with van der Waals surface area (Å²) >= 11 is 0.